The number of ether oxygens (including phenoxy) is 1. The maximum Gasteiger partial charge on any atom is 0.338 e. The minimum Gasteiger partial charge on any atom is -0.465 e. The molecule has 102 valence electrons. The lowest BCUT2D eigenvalue weighted by Gasteiger charge is -2.07. The number of carbonyl (C=O) groups excluding carboxylic acids is 2. The molecule has 2 aromatic rings. The van der Waals surface area contributed by atoms with Gasteiger partial charge in [0.25, 0.3) is 0 Å². The fourth-order valence-corrected chi connectivity index (χ4v) is 2.28. The molecule has 0 aliphatic heterocycles. The smallest absolute Gasteiger partial charge is 0.338 e. The van der Waals surface area contributed by atoms with E-state index in [4.69, 9.17) is 4.74 Å². The molecule has 20 heavy (non-hydrogen) atoms. The first-order valence-corrected chi connectivity index (χ1v) is 7.26. The van der Waals surface area contributed by atoms with Crippen molar-refractivity contribution < 1.29 is 14.3 Å². The molecule has 0 heterocycles. The highest BCUT2D eigenvalue weighted by molar-refractivity contribution is 7.98. The van der Waals surface area contributed by atoms with Crippen LogP contribution >= 0.6 is 11.8 Å². The molecule has 0 aromatic heterocycles. The second kappa shape index (κ2) is 6.39. The zero-order valence-electron chi connectivity index (χ0n) is 11.3. The number of methoxy groups -OCH3 is 1. The van der Waals surface area contributed by atoms with Gasteiger partial charge in [0.1, 0.15) is 0 Å². The fraction of sp³-hybridized carbons (Fsp3) is 0.125. The summed E-state index contributed by atoms with van der Waals surface area (Å²) in [5.74, 6) is -0.687. The van der Waals surface area contributed by atoms with Gasteiger partial charge in [-0.3, -0.25) is 4.79 Å². The highest BCUT2D eigenvalue weighted by Crippen LogP contribution is 2.19. The summed E-state index contributed by atoms with van der Waals surface area (Å²) in [5, 5.41) is 0. The summed E-state index contributed by atoms with van der Waals surface area (Å²) in [6.07, 6.45) is 1.98. The number of carbonyl (C=O) groups is 2. The van der Waals surface area contributed by atoms with E-state index < -0.39 is 5.97 Å². The molecule has 0 N–H and O–H groups in total. The highest BCUT2D eigenvalue weighted by Gasteiger charge is 2.18. The number of ketones is 1. The van der Waals surface area contributed by atoms with Gasteiger partial charge in [0.2, 0.25) is 0 Å². The summed E-state index contributed by atoms with van der Waals surface area (Å²) in [4.78, 5) is 25.3. The maximum atomic E-state index is 12.5. The van der Waals surface area contributed by atoms with Gasteiger partial charge in [-0.15, -0.1) is 11.8 Å². The summed E-state index contributed by atoms with van der Waals surface area (Å²) in [6, 6.07) is 14.0. The standard InChI is InChI=1S/C16H14O3S/c1-19-16(18)14-6-4-3-5-13(14)15(17)11-7-9-12(20-2)10-8-11/h3-10H,1-2H3. The van der Waals surface area contributed by atoms with Crippen LogP contribution in [0.2, 0.25) is 0 Å². The molecule has 0 spiro atoms. The van der Waals surface area contributed by atoms with Crippen molar-refractivity contribution in [1.29, 1.82) is 0 Å². The van der Waals surface area contributed by atoms with Crippen molar-refractivity contribution in [3.8, 4) is 0 Å². The molecule has 0 atom stereocenters. The van der Waals surface area contributed by atoms with Crippen LogP contribution in [0.5, 0.6) is 0 Å². The number of thioether (sulfide) groups is 1. The molecule has 2 aromatic carbocycles. The van der Waals surface area contributed by atoms with E-state index in [-0.39, 0.29) is 11.3 Å². The van der Waals surface area contributed by atoms with Gasteiger partial charge < -0.3 is 4.74 Å². The first-order valence-electron chi connectivity index (χ1n) is 6.03. The normalized spacial score (nSPS) is 10.1. The predicted octanol–water partition coefficient (Wildman–Crippen LogP) is 3.43. The van der Waals surface area contributed by atoms with E-state index in [1.165, 1.54) is 7.11 Å². The molecule has 0 radical (unpaired) electrons. The average molecular weight is 286 g/mol. The lowest BCUT2D eigenvalue weighted by Crippen LogP contribution is -2.11. The monoisotopic (exact) mass is 286 g/mol. The Morgan fingerprint density at radius 3 is 2.10 bits per heavy atom. The second-order valence-electron chi connectivity index (χ2n) is 4.09. The van der Waals surface area contributed by atoms with E-state index in [0.29, 0.717) is 11.1 Å². The van der Waals surface area contributed by atoms with E-state index in [1.807, 2.05) is 18.4 Å². The summed E-state index contributed by atoms with van der Waals surface area (Å²) in [6.45, 7) is 0. The van der Waals surface area contributed by atoms with Gasteiger partial charge in [-0.1, -0.05) is 18.2 Å². The maximum absolute atomic E-state index is 12.5. The molecule has 0 bridgehead atoms. The zero-order chi connectivity index (χ0) is 14.5. The lowest BCUT2D eigenvalue weighted by atomic mass is 9.98. The molecule has 0 fully saturated rings. The van der Waals surface area contributed by atoms with Crippen molar-refractivity contribution in [3.63, 3.8) is 0 Å². The van der Waals surface area contributed by atoms with Crippen LogP contribution in [0.1, 0.15) is 26.3 Å². The van der Waals surface area contributed by atoms with Gasteiger partial charge in [0.05, 0.1) is 12.7 Å². The van der Waals surface area contributed by atoms with Crippen molar-refractivity contribution in [3.05, 3.63) is 65.2 Å². The minimum atomic E-state index is -0.505. The number of hydrogen-bond donors (Lipinski definition) is 0. The number of benzene rings is 2. The third kappa shape index (κ3) is 2.91. The third-order valence-corrected chi connectivity index (χ3v) is 3.67. The molecule has 0 aliphatic rings. The van der Waals surface area contributed by atoms with E-state index in [9.17, 15) is 9.59 Å². The summed E-state index contributed by atoms with van der Waals surface area (Å²) in [5.41, 5.74) is 1.20. The molecular weight excluding hydrogens is 272 g/mol. The zero-order valence-corrected chi connectivity index (χ0v) is 12.1. The van der Waals surface area contributed by atoms with Crippen LogP contribution in [0.4, 0.5) is 0 Å². The quantitative estimate of drug-likeness (QED) is 0.490. The van der Waals surface area contributed by atoms with Crippen LogP contribution in [0.3, 0.4) is 0 Å². The summed E-state index contributed by atoms with van der Waals surface area (Å²) < 4.78 is 4.70. The molecule has 0 unspecified atom stereocenters. The van der Waals surface area contributed by atoms with Crippen LogP contribution in [-0.4, -0.2) is 25.1 Å². The number of hydrogen-bond acceptors (Lipinski definition) is 4. The molecule has 3 nitrogen and oxygen atoms in total. The third-order valence-electron chi connectivity index (χ3n) is 2.93. The SMILES string of the molecule is COC(=O)c1ccccc1C(=O)c1ccc(SC)cc1. The van der Waals surface area contributed by atoms with Crippen LogP contribution in [0, 0.1) is 0 Å². The number of esters is 1. The van der Waals surface area contributed by atoms with E-state index >= 15 is 0 Å². The Hall–Kier alpha value is -2.07. The molecule has 0 saturated heterocycles. The van der Waals surface area contributed by atoms with E-state index in [1.54, 1.807) is 48.2 Å². The Balaban J connectivity index is 2.40. The van der Waals surface area contributed by atoms with E-state index in [0.717, 1.165) is 4.90 Å². The molecular formula is C16H14O3S. The average Bonchev–Trinajstić information content (AvgIpc) is 2.53. The predicted molar refractivity (Wildman–Crippen MR) is 79.4 cm³/mol. The van der Waals surface area contributed by atoms with Crippen molar-refractivity contribution in [2.24, 2.45) is 0 Å². The largest absolute Gasteiger partial charge is 0.465 e. The topological polar surface area (TPSA) is 43.4 Å². The Morgan fingerprint density at radius 2 is 1.55 bits per heavy atom. The van der Waals surface area contributed by atoms with E-state index in [2.05, 4.69) is 0 Å². The van der Waals surface area contributed by atoms with Crippen molar-refractivity contribution in [1.82, 2.24) is 0 Å². The lowest BCUT2D eigenvalue weighted by molar-refractivity contribution is 0.0597. The first kappa shape index (κ1) is 14.3. The Labute approximate surface area is 122 Å². The molecule has 0 amide bonds. The molecule has 0 saturated carbocycles. The Morgan fingerprint density at radius 1 is 0.950 bits per heavy atom. The van der Waals surface area contributed by atoms with Gasteiger partial charge in [-0.05, 0) is 36.6 Å². The number of rotatable bonds is 4. The highest BCUT2D eigenvalue weighted by atomic mass is 32.2. The molecule has 2 rings (SSSR count). The van der Waals surface area contributed by atoms with Crippen LogP contribution in [0.15, 0.2) is 53.4 Å². The first-order chi connectivity index (χ1) is 9.67. The Kier molecular flexibility index (Phi) is 4.58. The van der Waals surface area contributed by atoms with Gasteiger partial charge in [0, 0.05) is 16.0 Å². The van der Waals surface area contributed by atoms with Gasteiger partial charge >= 0.3 is 5.97 Å². The van der Waals surface area contributed by atoms with Crippen LogP contribution in [0.25, 0.3) is 0 Å². The molecule has 4 heteroatoms. The van der Waals surface area contributed by atoms with Crippen molar-refractivity contribution >= 4 is 23.5 Å². The van der Waals surface area contributed by atoms with Crippen LogP contribution in [-0.2, 0) is 4.74 Å². The van der Waals surface area contributed by atoms with Crippen molar-refractivity contribution in [2.45, 2.75) is 4.90 Å². The Bertz CT molecular complexity index is 632. The van der Waals surface area contributed by atoms with Gasteiger partial charge in [0.15, 0.2) is 5.78 Å². The van der Waals surface area contributed by atoms with Gasteiger partial charge in [-0.2, -0.15) is 0 Å². The van der Waals surface area contributed by atoms with Gasteiger partial charge in [-0.25, -0.2) is 4.79 Å². The summed E-state index contributed by atoms with van der Waals surface area (Å²) in [7, 11) is 1.30. The minimum absolute atomic E-state index is 0.182. The van der Waals surface area contributed by atoms with Crippen LogP contribution < -0.4 is 0 Å². The summed E-state index contributed by atoms with van der Waals surface area (Å²) >= 11 is 1.61. The fourth-order valence-electron chi connectivity index (χ4n) is 1.87. The van der Waals surface area contributed by atoms with Crippen molar-refractivity contribution in [2.75, 3.05) is 13.4 Å². The molecule has 0 aliphatic carbocycles. The second-order valence-corrected chi connectivity index (χ2v) is 4.97.